The summed E-state index contributed by atoms with van der Waals surface area (Å²) in [7, 11) is 0. The van der Waals surface area contributed by atoms with Crippen molar-refractivity contribution in [3.05, 3.63) is 34.3 Å². The zero-order valence-electron chi connectivity index (χ0n) is 12.9. The molecule has 0 radical (unpaired) electrons. The first-order chi connectivity index (χ1) is 9.82. The number of rotatable bonds is 3. The van der Waals surface area contributed by atoms with Crippen LogP contribution in [0.2, 0.25) is 0 Å². The van der Waals surface area contributed by atoms with Crippen molar-refractivity contribution in [2.75, 3.05) is 13.1 Å². The Morgan fingerprint density at radius 3 is 2.67 bits per heavy atom. The van der Waals surface area contributed by atoms with Gasteiger partial charge in [-0.05, 0) is 44.9 Å². The van der Waals surface area contributed by atoms with Crippen LogP contribution < -0.4 is 5.32 Å². The van der Waals surface area contributed by atoms with Crippen LogP contribution in [0.15, 0.2) is 28.7 Å². The molecule has 5 heteroatoms. The smallest absolute Gasteiger partial charge is 0.407 e. The van der Waals surface area contributed by atoms with E-state index in [1.807, 2.05) is 20.8 Å². The number of halogens is 1. The lowest BCUT2D eigenvalue weighted by atomic mass is 10.2. The summed E-state index contributed by atoms with van der Waals surface area (Å²) in [5.41, 5.74) is 0.843. The molecule has 0 bridgehead atoms. The summed E-state index contributed by atoms with van der Waals surface area (Å²) in [6.07, 6.45) is 0.647. The molecular formula is C16H23BrN2O2. The van der Waals surface area contributed by atoms with Gasteiger partial charge in [-0.3, -0.25) is 4.90 Å². The van der Waals surface area contributed by atoms with Crippen molar-refractivity contribution in [2.45, 2.75) is 45.4 Å². The van der Waals surface area contributed by atoms with Gasteiger partial charge in [0, 0.05) is 30.1 Å². The van der Waals surface area contributed by atoms with Gasteiger partial charge in [-0.2, -0.15) is 0 Å². The first-order valence-electron chi connectivity index (χ1n) is 7.28. The van der Waals surface area contributed by atoms with Gasteiger partial charge >= 0.3 is 6.09 Å². The summed E-state index contributed by atoms with van der Waals surface area (Å²) in [6.45, 7) is 8.41. The summed E-state index contributed by atoms with van der Waals surface area (Å²) in [6, 6.07) is 8.54. The Balaban J connectivity index is 1.78. The average Bonchev–Trinajstić information content (AvgIpc) is 2.77. The molecule has 1 saturated heterocycles. The van der Waals surface area contributed by atoms with E-state index in [-0.39, 0.29) is 12.1 Å². The van der Waals surface area contributed by atoms with Crippen LogP contribution in [0.5, 0.6) is 0 Å². The lowest BCUT2D eigenvalue weighted by Crippen LogP contribution is -2.40. The van der Waals surface area contributed by atoms with E-state index < -0.39 is 5.60 Å². The molecule has 0 spiro atoms. The van der Waals surface area contributed by atoms with Gasteiger partial charge in [0.2, 0.25) is 0 Å². The van der Waals surface area contributed by atoms with Gasteiger partial charge in [0.25, 0.3) is 0 Å². The van der Waals surface area contributed by atoms with E-state index in [1.165, 1.54) is 5.56 Å². The number of ether oxygens (including phenoxy) is 1. The predicted molar refractivity (Wildman–Crippen MR) is 87.2 cm³/mol. The molecule has 21 heavy (non-hydrogen) atoms. The highest BCUT2D eigenvalue weighted by molar-refractivity contribution is 9.10. The zero-order chi connectivity index (χ0) is 15.5. The minimum Gasteiger partial charge on any atom is -0.444 e. The molecule has 1 amide bonds. The summed E-state index contributed by atoms with van der Waals surface area (Å²) in [4.78, 5) is 14.1. The highest BCUT2D eigenvalue weighted by Gasteiger charge is 2.25. The SMILES string of the molecule is CC(C)(C)OC(=O)N[C@H]1CCN(Cc2ccc(Br)cc2)C1. The van der Waals surface area contributed by atoms with Crippen molar-refractivity contribution < 1.29 is 9.53 Å². The molecule has 1 heterocycles. The van der Waals surface area contributed by atoms with E-state index in [4.69, 9.17) is 4.74 Å². The number of hydrogen-bond acceptors (Lipinski definition) is 3. The van der Waals surface area contributed by atoms with Crippen LogP contribution in [0.4, 0.5) is 4.79 Å². The summed E-state index contributed by atoms with van der Waals surface area (Å²) >= 11 is 3.44. The van der Waals surface area contributed by atoms with E-state index >= 15 is 0 Å². The van der Waals surface area contributed by atoms with Crippen molar-refractivity contribution >= 4 is 22.0 Å². The van der Waals surface area contributed by atoms with Crippen LogP contribution in [0.1, 0.15) is 32.8 Å². The number of carbonyl (C=O) groups is 1. The number of nitrogens with one attached hydrogen (secondary N) is 1. The molecule has 1 aliphatic rings. The number of benzene rings is 1. The van der Waals surface area contributed by atoms with Crippen LogP contribution in [0, 0.1) is 0 Å². The van der Waals surface area contributed by atoms with Crippen LogP contribution in [-0.2, 0) is 11.3 Å². The van der Waals surface area contributed by atoms with Crippen molar-refractivity contribution in [3.8, 4) is 0 Å². The maximum absolute atomic E-state index is 11.8. The maximum atomic E-state index is 11.8. The Morgan fingerprint density at radius 1 is 1.38 bits per heavy atom. The topological polar surface area (TPSA) is 41.6 Å². The quantitative estimate of drug-likeness (QED) is 0.902. The second kappa shape index (κ2) is 6.79. The van der Waals surface area contributed by atoms with Crippen molar-refractivity contribution in [1.29, 1.82) is 0 Å². The average molecular weight is 355 g/mol. The molecule has 1 fully saturated rings. The lowest BCUT2D eigenvalue weighted by molar-refractivity contribution is 0.0506. The molecule has 1 aromatic rings. The summed E-state index contributed by atoms with van der Waals surface area (Å²) in [5.74, 6) is 0. The van der Waals surface area contributed by atoms with Gasteiger partial charge in [-0.15, -0.1) is 0 Å². The number of nitrogens with zero attached hydrogens (tertiary/aromatic N) is 1. The number of likely N-dealkylation sites (tertiary alicyclic amines) is 1. The molecule has 0 aliphatic carbocycles. The fourth-order valence-electron chi connectivity index (χ4n) is 2.42. The summed E-state index contributed by atoms with van der Waals surface area (Å²) in [5, 5.41) is 2.95. The van der Waals surface area contributed by atoms with Gasteiger partial charge in [-0.1, -0.05) is 28.1 Å². The zero-order valence-corrected chi connectivity index (χ0v) is 14.4. The van der Waals surface area contributed by atoms with Crippen LogP contribution in [-0.4, -0.2) is 35.7 Å². The van der Waals surface area contributed by atoms with E-state index in [0.29, 0.717) is 0 Å². The molecule has 0 aromatic heterocycles. The highest BCUT2D eigenvalue weighted by atomic mass is 79.9. The number of amides is 1. The van der Waals surface area contributed by atoms with Crippen LogP contribution in [0.3, 0.4) is 0 Å². The third-order valence-electron chi connectivity index (χ3n) is 3.31. The molecule has 0 unspecified atom stereocenters. The first kappa shape index (κ1) is 16.3. The molecule has 1 atom stereocenters. The van der Waals surface area contributed by atoms with E-state index in [9.17, 15) is 4.79 Å². The van der Waals surface area contributed by atoms with E-state index in [1.54, 1.807) is 0 Å². The number of alkyl carbamates (subject to hydrolysis) is 1. The monoisotopic (exact) mass is 354 g/mol. The predicted octanol–water partition coefficient (Wildman–Crippen LogP) is 3.55. The van der Waals surface area contributed by atoms with Gasteiger partial charge in [0.1, 0.15) is 5.60 Å². The minimum absolute atomic E-state index is 0.176. The van der Waals surface area contributed by atoms with E-state index in [2.05, 4.69) is 50.4 Å². The fourth-order valence-corrected chi connectivity index (χ4v) is 2.68. The summed E-state index contributed by atoms with van der Waals surface area (Å²) < 4.78 is 6.39. The van der Waals surface area contributed by atoms with Crippen molar-refractivity contribution in [1.82, 2.24) is 10.2 Å². The van der Waals surface area contributed by atoms with Gasteiger partial charge in [0.15, 0.2) is 0 Å². The largest absolute Gasteiger partial charge is 0.444 e. The molecule has 1 aromatic carbocycles. The molecule has 1 N–H and O–H groups in total. The normalized spacial score (nSPS) is 19.5. The number of hydrogen-bond donors (Lipinski definition) is 1. The molecule has 1 aliphatic heterocycles. The van der Waals surface area contributed by atoms with Gasteiger partial charge in [-0.25, -0.2) is 4.79 Å². The molecule has 4 nitrogen and oxygen atoms in total. The van der Waals surface area contributed by atoms with E-state index in [0.717, 1.165) is 30.5 Å². The standard InChI is InChI=1S/C16H23BrN2O2/c1-16(2,3)21-15(20)18-14-8-9-19(11-14)10-12-4-6-13(17)7-5-12/h4-7,14H,8-11H2,1-3H3,(H,18,20)/t14-/m0/s1. The van der Waals surface area contributed by atoms with Crippen LogP contribution >= 0.6 is 15.9 Å². The Labute approximate surface area is 135 Å². The molecule has 0 saturated carbocycles. The minimum atomic E-state index is -0.445. The maximum Gasteiger partial charge on any atom is 0.407 e. The van der Waals surface area contributed by atoms with Crippen molar-refractivity contribution in [3.63, 3.8) is 0 Å². The fraction of sp³-hybridized carbons (Fsp3) is 0.562. The Hall–Kier alpha value is -1.07. The number of carbonyl (C=O) groups excluding carboxylic acids is 1. The van der Waals surface area contributed by atoms with Gasteiger partial charge < -0.3 is 10.1 Å². The second-order valence-electron chi connectivity index (χ2n) is 6.49. The van der Waals surface area contributed by atoms with Crippen LogP contribution in [0.25, 0.3) is 0 Å². The molecule has 2 rings (SSSR count). The van der Waals surface area contributed by atoms with Crippen molar-refractivity contribution in [2.24, 2.45) is 0 Å². The Bertz CT molecular complexity index is 482. The van der Waals surface area contributed by atoms with Gasteiger partial charge in [0.05, 0.1) is 0 Å². The second-order valence-corrected chi connectivity index (χ2v) is 7.41. The molecule has 116 valence electrons. The molecular weight excluding hydrogens is 332 g/mol. The Morgan fingerprint density at radius 2 is 2.05 bits per heavy atom. The third-order valence-corrected chi connectivity index (χ3v) is 3.84. The first-order valence-corrected chi connectivity index (χ1v) is 8.07. The lowest BCUT2D eigenvalue weighted by Gasteiger charge is -2.22. The Kier molecular flexibility index (Phi) is 5.27. The highest BCUT2D eigenvalue weighted by Crippen LogP contribution is 2.16. The third kappa shape index (κ3) is 5.67.